The van der Waals surface area contributed by atoms with Gasteiger partial charge in [-0.15, -0.1) is 0 Å². The van der Waals surface area contributed by atoms with Crippen LogP contribution < -0.4 is 4.90 Å². The standard InChI is InChI=1S/C23H35BN2O4/c1-21(2,3)28-20(27)26-16-14-25(15-17-26)19-10-8-18(9-11-19)12-13-24-29-22(4,5)23(6,7)30-24/h8-13H,14-17H2,1-7H3. The molecule has 1 amide bonds. The van der Waals surface area contributed by atoms with Gasteiger partial charge in [-0.25, -0.2) is 4.79 Å². The Morgan fingerprint density at radius 1 is 1.00 bits per heavy atom. The number of nitrogens with zero attached hydrogens (tertiary/aromatic N) is 2. The van der Waals surface area contributed by atoms with Crippen molar-refractivity contribution in [1.82, 2.24) is 4.90 Å². The fourth-order valence-electron chi connectivity index (χ4n) is 3.43. The molecule has 1 aromatic rings. The molecular weight excluding hydrogens is 379 g/mol. The van der Waals surface area contributed by atoms with Crippen molar-refractivity contribution in [3.8, 4) is 0 Å². The topological polar surface area (TPSA) is 51.2 Å². The molecular formula is C23H35BN2O4. The zero-order chi connectivity index (χ0) is 22.2. The molecule has 2 heterocycles. The summed E-state index contributed by atoms with van der Waals surface area (Å²) in [5.41, 5.74) is 1.14. The van der Waals surface area contributed by atoms with Crippen molar-refractivity contribution in [3.05, 3.63) is 35.8 Å². The molecule has 2 saturated heterocycles. The first-order valence-electron chi connectivity index (χ1n) is 10.7. The predicted octanol–water partition coefficient (Wildman–Crippen LogP) is 4.39. The zero-order valence-electron chi connectivity index (χ0n) is 19.4. The summed E-state index contributed by atoms with van der Waals surface area (Å²) in [5, 5.41) is 0. The van der Waals surface area contributed by atoms with E-state index >= 15 is 0 Å². The second-order valence-corrected chi connectivity index (χ2v) is 10.0. The van der Waals surface area contributed by atoms with E-state index in [4.69, 9.17) is 14.0 Å². The van der Waals surface area contributed by atoms with Crippen LogP contribution in [0.4, 0.5) is 10.5 Å². The Morgan fingerprint density at radius 2 is 1.53 bits per heavy atom. The Kier molecular flexibility index (Phi) is 6.26. The van der Waals surface area contributed by atoms with E-state index in [0.717, 1.165) is 24.3 Å². The second-order valence-electron chi connectivity index (χ2n) is 10.0. The van der Waals surface area contributed by atoms with Crippen LogP contribution in [-0.2, 0) is 14.0 Å². The van der Waals surface area contributed by atoms with Gasteiger partial charge >= 0.3 is 13.2 Å². The maximum absolute atomic E-state index is 12.2. The minimum Gasteiger partial charge on any atom is -0.444 e. The van der Waals surface area contributed by atoms with Crippen LogP contribution in [0.1, 0.15) is 54.0 Å². The quantitative estimate of drug-likeness (QED) is 0.687. The van der Waals surface area contributed by atoms with E-state index in [0.29, 0.717) is 13.1 Å². The average Bonchev–Trinajstić information content (AvgIpc) is 2.86. The van der Waals surface area contributed by atoms with Gasteiger partial charge in [-0.1, -0.05) is 24.2 Å². The lowest BCUT2D eigenvalue weighted by Gasteiger charge is -2.36. The lowest BCUT2D eigenvalue weighted by Crippen LogP contribution is -2.50. The van der Waals surface area contributed by atoms with Crippen LogP contribution in [0.5, 0.6) is 0 Å². The Labute approximate surface area is 181 Å². The van der Waals surface area contributed by atoms with Gasteiger partial charge in [0.15, 0.2) is 0 Å². The number of hydrogen-bond donors (Lipinski definition) is 0. The molecule has 7 heteroatoms. The first-order chi connectivity index (χ1) is 13.9. The predicted molar refractivity (Wildman–Crippen MR) is 122 cm³/mol. The van der Waals surface area contributed by atoms with Gasteiger partial charge in [0, 0.05) is 31.9 Å². The van der Waals surface area contributed by atoms with E-state index in [1.807, 2.05) is 32.8 Å². The summed E-state index contributed by atoms with van der Waals surface area (Å²) in [6.07, 6.45) is 1.80. The molecule has 0 N–H and O–H groups in total. The van der Waals surface area contributed by atoms with E-state index in [1.54, 1.807) is 4.90 Å². The van der Waals surface area contributed by atoms with Crippen LogP contribution in [-0.4, -0.2) is 61.1 Å². The van der Waals surface area contributed by atoms with Crippen molar-refractivity contribution in [1.29, 1.82) is 0 Å². The summed E-state index contributed by atoms with van der Waals surface area (Å²) in [5.74, 6) is 1.96. The number of amides is 1. The van der Waals surface area contributed by atoms with Crippen molar-refractivity contribution in [2.75, 3.05) is 31.1 Å². The lowest BCUT2D eigenvalue weighted by molar-refractivity contribution is 0.00578. The molecule has 30 heavy (non-hydrogen) atoms. The molecule has 3 rings (SSSR count). The molecule has 0 radical (unpaired) electrons. The first-order valence-corrected chi connectivity index (χ1v) is 10.7. The van der Waals surface area contributed by atoms with E-state index in [9.17, 15) is 4.79 Å². The van der Waals surface area contributed by atoms with Crippen molar-refractivity contribution in [3.63, 3.8) is 0 Å². The molecule has 164 valence electrons. The Morgan fingerprint density at radius 3 is 2.03 bits per heavy atom. The smallest absolute Gasteiger partial charge is 0.444 e. The number of rotatable bonds is 3. The molecule has 0 atom stereocenters. The number of piperazine rings is 1. The minimum atomic E-state index is -0.461. The molecule has 0 bridgehead atoms. The van der Waals surface area contributed by atoms with Gasteiger partial charge in [-0.05, 0) is 66.2 Å². The summed E-state index contributed by atoms with van der Waals surface area (Å²) >= 11 is 0. The Bertz CT molecular complexity index is 759. The molecule has 0 unspecified atom stereocenters. The first kappa shape index (κ1) is 22.7. The van der Waals surface area contributed by atoms with Gasteiger partial charge in [-0.2, -0.15) is 0 Å². The van der Waals surface area contributed by atoms with Crippen molar-refractivity contribution in [2.45, 2.75) is 65.3 Å². The van der Waals surface area contributed by atoms with Gasteiger partial charge in [0.25, 0.3) is 0 Å². The minimum absolute atomic E-state index is 0.231. The van der Waals surface area contributed by atoms with Crippen LogP contribution in [0.2, 0.25) is 0 Å². The van der Waals surface area contributed by atoms with Gasteiger partial charge in [0.2, 0.25) is 0 Å². The van der Waals surface area contributed by atoms with E-state index < -0.39 is 5.60 Å². The third-order valence-corrected chi connectivity index (χ3v) is 5.91. The van der Waals surface area contributed by atoms with Crippen LogP contribution >= 0.6 is 0 Å². The highest BCUT2D eigenvalue weighted by molar-refractivity contribution is 6.52. The van der Waals surface area contributed by atoms with Crippen LogP contribution in [0.15, 0.2) is 30.2 Å². The van der Waals surface area contributed by atoms with Crippen LogP contribution in [0.25, 0.3) is 6.08 Å². The van der Waals surface area contributed by atoms with Crippen molar-refractivity contribution in [2.24, 2.45) is 0 Å². The van der Waals surface area contributed by atoms with Gasteiger partial charge < -0.3 is 23.8 Å². The maximum atomic E-state index is 12.2. The summed E-state index contributed by atoms with van der Waals surface area (Å²) in [6, 6.07) is 8.43. The molecule has 0 spiro atoms. The normalized spacial score (nSPS) is 21.4. The highest BCUT2D eigenvalue weighted by Crippen LogP contribution is 2.37. The molecule has 2 fully saturated rings. The highest BCUT2D eigenvalue weighted by Gasteiger charge is 2.50. The molecule has 2 aliphatic rings. The van der Waals surface area contributed by atoms with Crippen LogP contribution in [0.3, 0.4) is 0 Å². The third-order valence-electron chi connectivity index (χ3n) is 5.91. The molecule has 0 aromatic heterocycles. The molecule has 0 aliphatic carbocycles. The summed E-state index contributed by atoms with van der Waals surface area (Å²) in [4.78, 5) is 16.3. The molecule has 1 aromatic carbocycles. The zero-order valence-corrected chi connectivity index (χ0v) is 19.4. The van der Waals surface area contributed by atoms with Gasteiger partial charge in [0.05, 0.1) is 11.2 Å². The number of benzene rings is 1. The Balaban J connectivity index is 1.53. The largest absolute Gasteiger partial charge is 0.487 e. The summed E-state index contributed by atoms with van der Waals surface area (Å²) < 4.78 is 17.5. The highest BCUT2D eigenvalue weighted by atomic mass is 16.7. The number of anilines is 1. The molecule has 6 nitrogen and oxygen atoms in total. The lowest BCUT2D eigenvalue weighted by atomic mass is 9.89. The summed E-state index contributed by atoms with van der Waals surface area (Å²) in [7, 11) is -0.337. The number of ether oxygens (including phenoxy) is 1. The number of carbonyl (C=O) groups excluding carboxylic acids is 1. The van der Waals surface area contributed by atoms with E-state index in [-0.39, 0.29) is 24.4 Å². The SMILES string of the molecule is CC(C)(C)OC(=O)N1CCN(c2ccc(C=CB3OC(C)(C)C(C)(C)O3)cc2)CC1. The summed E-state index contributed by atoms with van der Waals surface area (Å²) in [6.45, 7) is 16.8. The average molecular weight is 414 g/mol. The van der Waals surface area contributed by atoms with Crippen molar-refractivity contribution < 1.29 is 18.8 Å². The van der Waals surface area contributed by atoms with Crippen LogP contribution in [0, 0.1) is 0 Å². The third kappa shape index (κ3) is 5.38. The fraction of sp³-hybridized carbons (Fsp3) is 0.609. The van der Waals surface area contributed by atoms with E-state index in [2.05, 4.69) is 56.9 Å². The number of carbonyl (C=O) groups is 1. The fourth-order valence-corrected chi connectivity index (χ4v) is 3.43. The molecule has 2 aliphatic heterocycles. The van der Waals surface area contributed by atoms with Gasteiger partial charge in [-0.3, -0.25) is 0 Å². The van der Waals surface area contributed by atoms with Crippen molar-refractivity contribution >= 4 is 25.0 Å². The maximum Gasteiger partial charge on any atom is 0.487 e. The van der Waals surface area contributed by atoms with E-state index in [1.165, 1.54) is 0 Å². The Hall–Kier alpha value is -1.99. The second kappa shape index (κ2) is 8.27. The molecule has 0 saturated carbocycles. The van der Waals surface area contributed by atoms with Gasteiger partial charge in [0.1, 0.15) is 5.60 Å². The number of hydrogen-bond acceptors (Lipinski definition) is 5. The monoisotopic (exact) mass is 414 g/mol.